The van der Waals surface area contributed by atoms with Crippen molar-refractivity contribution in [2.75, 3.05) is 5.73 Å². The molecule has 0 aromatic carbocycles. The number of hydrogen-bond donors (Lipinski definition) is 2. The van der Waals surface area contributed by atoms with Crippen molar-refractivity contribution >= 4 is 11.9 Å². The molecule has 1 rings (SSSR count). The Balaban J connectivity index is 2.28. The number of nitrogen functional groups attached to an aromatic ring is 1. The van der Waals surface area contributed by atoms with E-state index < -0.39 is 5.97 Å². The third kappa shape index (κ3) is 3.04. The van der Waals surface area contributed by atoms with E-state index in [4.69, 9.17) is 10.8 Å². The lowest BCUT2D eigenvalue weighted by molar-refractivity contribution is -0.137. The molecule has 0 saturated heterocycles. The van der Waals surface area contributed by atoms with Gasteiger partial charge in [-0.1, -0.05) is 0 Å². The fourth-order valence-corrected chi connectivity index (χ4v) is 1.12. The van der Waals surface area contributed by atoms with Crippen LogP contribution in [0.25, 0.3) is 0 Å². The maximum atomic E-state index is 10.2. The topological polar surface area (TPSA) is 94.0 Å². The number of unbranched alkanes of at least 4 members (excludes halogenated alkanes) is 1. The van der Waals surface area contributed by atoms with Crippen molar-refractivity contribution in [2.45, 2.75) is 25.7 Å². The van der Waals surface area contributed by atoms with Crippen LogP contribution in [0.5, 0.6) is 0 Å². The largest absolute Gasteiger partial charge is 0.481 e. The zero-order chi connectivity index (χ0) is 10.6. The summed E-state index contributed by atoms with van der Waals surface area (Å²) in [6.45, 7) is 0. The van der Waals surface area contributed by atoms with E-state index in [0.29, 0.717) is 24.6 Å². The molecule has 6 nitrogen and oxygen atoms in total. The Morgan fingerprint density at radius 2 is 2.29 bits per heavy atom. The molecule has 0 atom stereocenters. The Bertz CT molecular complexity index is 302. The summed E-state index contributed by atoms with van der Waals surface area (Å²) >= 11 is 0. The fraction of sp³-hybridized carbons (Fsp3) is 0.625. The van der Waals surface area contributed by atoms with Gasteiger partial charge >= 0.3 is 5.97 Å². The molecule has 0 saturated carbocycles. The van der Waals surface area contributed by atoms with E-state index in [1.165, 1.54) is 4.68 Å². The number of nitrogens with zero attached hydrogens (tertiary/aromatic N) is 3. The van der Waals surface area contributed by atoms with Crippen LogP contribution in [0.4, 0.5) is 5.95 Å². The summed E-state index contributed by atoms with van der Waals surface area (Å²) in [5.74, 6) is 0.298. The van der Waals surface area contributed by atoms with E-state index in [1.54, 1.807) is 7.05 Å². The number of aromatic nitrogens is 3. The number of aliphatic carboxylic acids is 1. The minimum atomic E-state index is -0.765. The van der Waals surface area contributed by atoms with Gasteiger partial charge in [-0.3, -0.25) is 4.79 Å². The van der Waals surface area contributed by atoms with Crippen LogP contribution in [0.15, 0.2) is 0 Å². The third-order valence-corrected chi connectivity index (χ3v) is 1.88. The van der Waals surface area contributed by atoms with Crippen LogP contribution in [0.2, 0.25) is 0 Å². The standard InChI is InChI=1S/C8H14N4O2/c1-12-8(9)10-6(11-12)4-2-3-5-7(13)14/h2-5H2,1H3,(H,13,14)(H2,9,10,11). The fourth-order valence-electron chi connectivity index (χ4n) is 1.12. The van der Waals surface area contributed by atoms with Crippen LogP contribution in [-0.4, -0.2) is 25.8 Å². The molecule has 0 aliphatic carbocycles. The lowest BCUT2D eigenvalue weighted by Crippen LogP contribution is -1.98. The molecule has 0 amide bonds. The molecular formula is C8H14N4O2. The molecule has 6 heteroatoms. The summed E-state index contributed by atoms with van der Waals surface area (Å²) in [5.41, 5.74) is 5.49. The summed E-state index contributed by atoms with van der Waals surface area (Å²) in [6.07, 6.45) is 2.30. The zero-order valence-electron chi connectivity index (χ0n) is 8.10. The molecule has 1 aromatic heterocycles. The molecule has 78 valence electrons. The third-order valence-electron chi connectivity index (χ3n) is 1.88. The summed E-state index contributed by atoms with van der Waals surface area (Å²) in [7, 11) is 1.73. The van der Waals surface area contributed by atoms with Crippen LogP contribution >= 0.6 is 0 Å². The maximum absolute atomic E-state index is 10.2. The summed E-state index contributed by atoms with van der Waals surface area (Å²) in [4.78, 5) is 14.2. The number of carboxylic acid groups (broad SMARTS) is 1. The van der Waals surface area contributed by atoms with Crippen molar-refractivity contribution < 1.29 is 9.90 Å². The smallest absolute Gasteiger partial charge is 0.303 e. The van der Waals surface area contributed by atoms with Gasteiger partial charge in [0.15, 0.2) is 5.82 Å². The van der Waals surface area contributed by atoms with Gasteiger partial charge in [0.2, 0.25) is 5.95 Å². The predicted molar refractivity (Wildman–Crippen MR) is 50.6 cm³/mol. The summed E-state index contributed by atoms with van der Waals surface area (Å²) < 4.78 is 1.51. The first-order valence-electron chi connectivity index (χ1n) is 4.47. The highest BCUT2D eigenvalue weighted by molar-refractivity contribution is 5.66. The van der Waals surface area contributed by atoms with E-state index in [2.05, 4.69) is 10.1 Å². The minimum absolute atomic E-state index is 0.197. The molecule has 0 aliphatic rings. The molecule has 3 N–H and O–H groups in total. The van der Waals surface area contributed by atoms with Crippen LogP contribution in [0.3, 0.4) is 0 Å². The quantitative estimate of drug-likeness (QED) is 0.659. The Hall–Kier alpha value is -1.59. The first-order chi connectivity index (χ1) is 6.59. The minimum Gasteiger partial charge on any atom is -0.481 e. The highest BCUT2D eigenvalue weighted by atomic mass is 16.4. The number of rotatable bonds is 5. The first kappa shape index (κ1) is 10.5. The second-order valence-electron chi connectivity index (χ2n) is 3.11. The van der Waals surface area contributed by atoms with Gasteiger partial charge in [-0.2, -0.15) is 10.1 Å². The van der Waals surface area contributed by atoms with Crippen LogP contribution in [-0.2, 0) is 18.3 Å². The Morgan fingerprint density at radius 1 is 1.57 bits per heavy atom. The second kappa shape index (κ2) is 4.59. The van der Waals surface area contributed by atoms with Gasteiger partial charge in [-0.15, -0.1) is 0 Å². The number of nitrogens with two attached hydrogens (primary N) is 1. The molecule has 0 bridgehead atoms. The van der Waals surface area contributed by atoms with Crippen LogP contribution in [0, 0.1) is 0 Å². The number of hydrogen-bond acceptors (Lipinski definition) is 4. The molecule has 0 spiro atoms. The zero-order valence-corrected chi connectivity index (χ0v) is 8.10. The Morgan fingerprint density at radius 3 is 2.79 bits per heavy atom. The van der Waals surface area contributed by atoms with Crippen molar-refractivity contribution in [3.05, 3.63) is 5.82 Å². The first-order valence-corrected chi connectivity index (χ1v) is 4.47. The van der Waals surface area contributed by atoms with Crippen LogP contribution in [0.1, 0.15) is 25.1 Å². The molecule has 0 fully saturated rings. The molecule has 1 aromatic rings. The van der Waals surface area contributed by atoms with E-state index in [9.17, 15) is 4.79 Å². The Labute approximate surface area is 81.7 Å². The van der Waals surface area contributed by atoms with Gasteiger partial charge in [0.1, 0.15) is 0 Å². The Kier molecular flexibility index (Phi) is 3.44. The van der Waals surface area contributed by atoms with Gasteiger partial charge in [0.25, 0.3) is 0 Å². The van der Waals surface area contributed by atoms with Crippen molar-refractivity contribution in [1.82, 2.24) is 14.8 Å². The lowest BCUT2D eigenvalue weighted by Gasteiger charge is -1.93. The number of anilines is 1. The number of carboxylic acids is 1. The monoisotopic (exact) mass is 198 g/mol. The SMILES string of the molecule is Cn1nc(CCCCC(=O)O)nc1N. The van der Waals surface area contributed by atoms with Crippen molar-refractivity contribution in [1.29, 1.82) is 0 Å². The van der Waals surface area contributed by atoms with E-state index in [1.807, 2.05) is 0 Å². The maximum Gasteiger partial charge on any atom is 0.303 e. The van der Waals surface area contributed by atoms with Crippen molar-refractivity contribution in [2.24, 2.45) is 7.05 Å². The second-order valence-corrected chi connectivity index (χ2v) is 3.11. The average molecular weight is 198 g/mol. The van der Waals surface area contributed by atoms with Gasteiger partial charge < -0.3 is 10.8 Å². The van der Waals surface area contributed by atoms with E-state index >= 15 is 0 Å². The van der Waals surface area contributed by atoms with Gasteiger partial charge in [-0.05, 0) is 12.8 Å². The van der Waals surface area contributed by atoms with Crippen LogP contribution < -0.4 is 5.73 Å². The normalized spacial score (nSPS) is 10.4. The average Bonchev–Trinajstić information content (AvgIpc) is 2.40. The number of aryl methyl sites for hydroxylation is 2. The predicted octanol–water partition coefficient (Wildman–Crippen LogP) is 0.195. The number of carbonyl (C=O) groups is 1. The summed E-state index contributed by atoms with van der Waals surface area (Å²) in [6, 6.07) is 0. The molecule has 0 aliphatic heterocycles. The van der Waals surface area contributed by atoms with Gasteiger partial charge in [-0.25, -0.2) is 4.68 Å². The molecular weight excluding hydrogens is 184 g/mol. The van der Waals surface area contributed by atoms with E-state index in [0.717, 1.165) is 6.42 Å². The highest BCUT2D eigenvalue weighted by Crippen LogP contribution is 2.04. The van der Waals surface area contributed by atoms with Crippen molar-refractivity contribution in [3.8, 4) is 0 Å². The van der Waals surface area contributed by atoms with Gasteiger partial charge in [0, 0.05) is 19.9 Å². The van der Waals surface area contributed by atoms with Crippen molar-refractivity contribution in [3.63, 3.8) is 0 Å². The van der Waals surface area contributed by atoms with E-state index in [-0.39, 0.29) is 6.42 Å². The highest BCUT2D eigenvalue weighted by Gasteiger charge is 2.03. The molecule has 0 radical (unpaired) electrons. The molecule has 14 heavy (non-hydrogen) atoms. The lowest BCUT2D eigenvalue weighted by atomic mass is 10.2. The molecule has 1 heterocycles. The molecule has 0 unspecified atom stereocenters. The summed E-state index contributed by atoms with van der Waals surface area (Å²) in [5, 5.41) is 12.5. The van der Waals surface area contributed by atoms with Gasteiger partial charge in [0.05, 0.1) is 0 Å².